The monoisotopic (exact) mass is 254 g/mol. The maximum absolute atomic E-state index is 11.3. The Bertz CT molecular complexity index is 360. The van der Waals surface area contributed by atoms with E-state index in [1.54, 1.807) is 11.3 Å². The zero-order valence-electron chi connectivity index (χ0n) is 10.0. The van der Waals surface area contributed by atoms with Crippen molar-refractivity contribution in [2.24, 2.45) is 5.73 Å². The summed E-state index contributed by atoms with van der Waals surface area (Å²) in [6, 6.07) is -0.117. The van der Waals surface area contributed by atoms with Crippen molar-refractivity contribution in [1.82, 2.24) is 9.88 Å². The fraction of sp³-hybridized carbons (Fsp3) is 0.636. The van der Waals surface area contributed by atoms with E-state index in [4.69, 9.17) is 5.73 Å². The second-order valence-electron chi connectivity index (χ2n) is 4.16. The molecule has 94 valence electrons. The van der Waals surface area contributed by atoms with E-state index in [-0.39, 0.29) is 11.9 Å². The summed E-state index contributed by atoms with van der Waals surface area (Å²) in [6.45, 7) is 5.58. The third-order valence-electron chi connectivity index (χ3n) is 3.16. The van der Waals surface area contributed by atoms with Gasteiger partial charge in [0.25, 0.3) is 0 Å². The van der Waals surface area contributed by atoms with Crippen LogP contribution in [-0.2, 0) is 4.79 Å². The van der Waals surface area contributed by atoms with Crippen molar-refractivity contribution in [3.63, 3.8) is 0 Å². The lowest BCUT2D eigenvalue weighted by Crippen LogP contribution is -2.54. The molecule has 0 aliphatic carbocycles. The van der Waals surface area contributed by atoms with Crippen molar-refractivity contribution < 1.29 is 4.79 Å². The molecule has 2 N–H and O–H groups in total. The molecule has 2 rings (SSSR count). The fourth-order valence-corrected chi connectivity index (χ4v) is 2.93. The second kappa shape index (κ2) is 5.46. The van der Waals surface area contributed by atoms with Crippen molar-refractivity contribution in [2.45, 2.75) is 19.4 Å². The highest BCUT2D eigenvalue weighted by molar-refractivity contribution is 7.13. The molecular formula is C11H18N4OS. The highest BCUT2D eigenvalue weighted by Gasteiger charge is 2.26. The number of primary amides is 1. The van der Waals surface area contributed by atoms with Crippen LogP contribution in [0, 0.1) is 0 Å². The Morgan fingerprint density at radius 1 is 1.53 bits per heavy atom. The van der Waals surface area contributed by atoms with Gasteiger partial charge in [-0.1, -0.05) is 6.92 Å². The molecule has 17 heavy (non-hydrogen) atoms. The van der Waals surface area contributed by atoms with Crippen LogP contribution in [0.3, 0.4) is 0 Å². The number of amides is 1. The predicted octanol–water partition coefficient (Wildman–Crippen LogP) is 0.529. The second-order valence-corrected chi connectivity index (χ2v) is 5.04. The molecule has 1 amide bonds. The van der Waals surface area contributed by atoms with Crippen molar-refractivity contribution >= 4 is 22.4 Å². The first-order valence-electron chi connectivity index (χ1n) is 5.90. The number of thiazole rings is 1. The van der Waals surface area contributed by atoms with Crippen LogP contribution < -0.4 is 10.6 Å². The van der Waals surface area contributed by atoms with Crippen LogP contribution in [0.4, 0.5) is 5.13 Å². The average molecular weight is 254 g/mol. The summed E-state index contributed by atoms with van der Waals surface area (Å²) in [5.74, 6) is -0.213. The van der Waals surface area contributed by atoms with Gasteiger partial charge in [0.2, 0.25) is 5.91 Å². The van der Waals surface area contributed by atoms with Gasteiger partial charge in [-0.2, -0.15) is 0 Å². The number of hydrogen-bond donors (Lipinski definition) is 1. The molecule has 0 saturated carbocycles. The van der Waals surface area contributed by atoms with Gasteiger partial charge in [0.15, 0.2) is 5.13 Å². The molecule has 1 aliphatic heterocycles. The number of anilines is 1. The van der Waals surface area contributed by atoms with Gasteiger partial charge in [-0.3, -0.25) is 9.69 Å². The number of nitrogens with two attached hydrogens (primary N) is 1. The standard InChI is InChI=1S/C11H18N4OS/c1-2-9(10(12)16)14-4-6-15(7-5-14)11-13-3-8-17-11/h3,8-9H,2,4-7H2,1H3,(H2,12,16). The van der Waals surface area contributed by atoms with Crippen molar-refractivity contribution in [1.29, 1.82) is 0 Å². The summed E-state index contributed by atoms with van der Waals surface area (Å²) in [5.41, 5.74) is 5.40. The Hall–Kier alpha value is -1.14. The zero-order valence-corrected chi connectivity index (χ0v) is 10.8. The van der Waals surface area contributed by atoms with Crippen molar-refractivity contribution in [2.75, 3.05) is 31.1 Å². The zero-order chi connectivity index (χ0) is 12.3. The summed E-state index contributed by atoms with van der Waals surface area (Å²) < 4.78 is 0. The Balaban J connectivity index is 1.91. The number of rotatable bonds is 4. The number of carbonyl (C=O) groups excluding carboxylic acids is 1. The Morgan fingerprint density at radius 3 is 2.71 bits per heavy atom. The average Bonchev–Trinajstić information content (AvgIpc) is 2.84. The van der Waals surface area contributed by atoms with Gasteiger partial charge < -0.3 is 10.6 Å². The molecule has 0 bridgehead atoms. The lowest BCUT2D eigenvalue weighted by molar-refractivity contribution is -0.123. The minimum atomic E-state index is -0.213. The van der Waals surface area contributed by atoms with Crippen molar-refractivity contribution in [3.05, 3.63) is 11.6 Å². The van der Waals surface area contributed by atoms with E-state index in [2.05, 4.69) is 14.8 Å². The summed E-state index contributed by atoms with van der Waals surface area (Å²) in [6.07, 6.45) is 2.61. The molecule has 1 aromatic rings. The van der Waals surface area contributed by atoms with E-state index in [0.29, 0.717) is 0 Å². The topological polar surface area (TPSA) is 62.5 Å². The molecular weight excluding hydrogens is 236 g/mol. The molecule has 1 unspecified atom stereocenters. The third kappa shape index (κ3) is 2.76. The summed E-state index contributed by atoms with van der Waals surface area (Å²) in [4.78, 5) is 20.0. The minimum Gasteiger partial charge on any atom is -0.368 e. The van der Waals surface area contributed by atoms with Crippen molar-refractivity contribution in [3.8, 4) is 0 Å². The Morgan fingerprint density at radius 2 is 2.24 bits per heavy atom. The first-order chi connectivity index (χ1) is 8.22. The molecule has 5 nitrogen and oxygen atoms in total. The molecule has 0 radical (unpaired) electrons. The van der Waals surface area contributed by atoms with Gasteiger partial charge in [-0.15, -0.1) is 11.3 Å². The van der Waals surface area contributed by atoms with Crippen LogP contribution in [0.2, 0.25) is 0 Å². The van der Waals surface area contributed by atoms with Gasteiger partial charge in [-0.25, -0.2) is 4.98 Å². The van der Waals surface area contributed by atoms with E-state index < -0.39 is 0 Å². The molecule has 1 aromatic heterocycles. The lowest BCUT2D eigenvalue weighted by Gasteiger charge is -2.37. The Kier molecular flexibility index (Phi) is 3.96. The SMILES string of the molecule is CCC(C(N)=O)N1CCN(c2nccs2)CC1. The molecule has 0 spiro atoms. The van der Waals surface area contributed by atoms with Crippen LogP contribution in [0.25, 0.3) is 0 Å². The number of aromatic nitrogens is 1. The number of nitrogens with zero attached hydrogens (tertiary/aromatic N) is 3. The number of piperazine rings is 1. The molecule has 2 heterocycles. The van der Waals surface area contributed by atoms with Gasteiger partial charge in [0.05, 0.1) is 6.04 Å². The van der Waals surface area contributed by atoms with Gasteiger partial charge in [-0.05, 0) is 6.42 Å². The third-order valence-corrected chi connectivity index (χ3v) is 3.99. The lowest BCUT2D eigenvalue weighted by atomic mass is 10.1. The molecule has 1 saturated heterocycles. The first kappa shape index (κ1) is 12.3. The van der Waals surface area contributed by atoms with E-state index in [1.165, 1.54) is 0 Å². The number of hydrogen-bond acceptors (Lipinski definition) is 5. The molecule has 0 aromatic carbocycles. The molecule has 1 atom stereocenters. The van der Waals surface area contributed by atoms with Crippen LogP contribution in [0.5, 0.6) is 0 Å². The van der Waals surface area contributed by atoms with Gasteiger partial charge >= 0.3 is 0 Å². The van der Waals surface area contributed by atoms with E-state index >= 15 is 0 Å². The number of carbonyl (C=O) groups is 1. The van der Waals surface area contributed by atoms with Crippen LogP contribution in [0.15, 0.2) is 11.6 Å². The fourth-order valence-electron chi connectivity index (χ4n) is 2.24. The maximum Gasteiger partial charge on any atom is 0.234 e. The van der Waals surface area contributed by atoms with E-state index in [0.717, 1.165) is 37.7 Å². The smallest absolute Gasteiger partial charge is 0.234 e. The van der Waals surface area contributed by atoms with Crippen LogP contribution in [0.1, 0.15) is 13.3 Å². The molecule has 6 heteroatoms. The van der Waals surface area contributed by atoms with Crippen LogP contribution in [-0.4, -0.2) is 48.0 Å². The first-order valence-corrected chi connectivity index (χ1v) is 6.78. The Labute approximate surface area is 105 Å². The normalized spacial score (nSPS) is 19.2. The highest BCUT2D eigenvalue weighted by atomic mass is 32.1. The van der Waals surface area contributed by atoms with Crippen LogP contribution >= 0.6 is 11.3 Å². The quantitative estimate of drug-likeness (QED) is 0.851. The largest absolute Gasteiger partial charge is 0.368 e. The maximum atomic E-state index is 11.3. The molecule has 1 aliphatic rings. The summed E-state index contributed by atoms with van der Waals surface area (Å²) in [7, 11) is 0. The summed E-state index contributed by atoms with van der Waals surface area (Å²) >= 11 is 1.66. The molecule has 1 fully saturated rings. The van der Waals surface area contributed by atoms with Gasteiger partial charge in [0, 0.05) is 37.8 Å². The summed E-state index contributed by atoms with van der Waals surface area (Å²) in [5, 5.41) is 3.05. The minimum absolute atomic E-state index is 0.117. The predicted molar refractivity (Wildman–Crippen MR) is 69.2 cm³/mol. The van der Waals surface area contributed by atoms with E-state index in [1.807, 2.05) is 18.5 Å². The van der Waals surface area contributed by atoms with E-state index in [9.17, 15) is 4.79 Å². The van der Waals surface area contributed by atoms with Gasteiger partial charge in [0.1, 0.15) is 0 Å². The highest BCUT2D eigenvalue weighted by Crippen LogP contribution is 2.19.